The van der Waals surface area contributed by atoms with Crippen LogP contribution >= 0.6 is 0 Å². The second-order valence-electron chi connectivity index (χ2n) is 5.04. The third kappa shape index (κ3) is 3.12. The molecule has 0 bridgehead atoms. The van der Waals surface area contributed by atoms with Crippen molar-refractivity contribution in [3.8, 4) is 0 Å². The number of hydrogen-bond acceptors (Lipinski definition) is 3. The summed E-state index contributed by atoms with van der Waals surface area (Å²) in [6, 6.07) is 8.34. The number of nitrogens with two attached hydrogens (primary N) is 1. The molecule has 1 saturated carbocycles. The zero-order chi connectivity index (χ0) is 13.9. The molecule has 0 unspecified atom stereocenters. The van der Waals surface area contributed by atoms with E-state index in [9.17, 15) is 14.7 Å². The van der Waals surface area contributed by atoms with Gasteiger partial charge in [-0.1, -0.05) is 30.3 Å². The lowest BCUT2D eigenvalue weighted by Crippen LogP contribution is -2.47. The fourth-order valence-corrected chi connectivity index (χ4v) is 2.04. The number of benzene rings is 1. The van der Waals surface area contributed by atoms with Gasteiger partial charge in [0.25, 0.3) is 0 Å². The van der Waals surface area contributed by atoms with Crippen molar-refractivity contribution in [1.29, 1.82) is 0 Å². The van der Waals surface area contributed by atoms with Crippen molar-refractivity contribution >= 4 is 11.9 Å². The molecule has 0 aromatic heterocycles. The fourth-order valence-electron chi connectivity index (χ4n) is 2.04. The van der Waals surface area contributed by atoms with Crippen LogP contribution in [0.2, 0.25) is 0 Å². The van der Waals surface area contributed by atoms with Crippen molar-refractivity contribution in [1.82, 2.24) is 5.32 Å². The zero-order valence-electron chi connectivity index (χ0n) is 10.6. The molecule has 5 nitrogen and oxygen atoms in total. The molecule has 1 aliphatic rings. The van der Waals surface area contributed by atoms with E-state index >= 15 is 0 Å². The second kappa shape index (κ2) is 5.40. The first-order valence-electron chi connectivity index (χ1n) is 6.35. The highest BCUT2D eigenvalue weighted by molar-refractivity contribution is 5.89. The summed E-state index contributed by atoms with van der Waals surface area (Å²) in [6.07, 6.45) is 1.77. The number of hydrogen-bond donors (Lipinski definition) is 3. The van der Waals surface area contributed by atoms with Crippen LogP contribution in [0.5, 0.6) is 0 Å². The van der Waals surface area contributed by atoms with E-state index in [1.165, 1.54) is 0 Å². The Bertz CT molecular complexity index is 469. The average Bonchev–Trinajstić information content (AvgIpc) is 3.20. The van der Waals surface area contributed by atoms with E-state index in [-0.39, 0.29) is 18.9 Å². The summed E-state index contributed by atoms with van der Waals surface area (Å²) in [4.78, 5) is 23.2. The summed E-state index contributed by atoms with van der Waals surface area (Å²) >= 11 is 0. The van der Waals surface area contributed by atoms with Gasteiger partial charge in [-0.2, -0.15) is 0 Å². The van der Waals surface area contributed by atoms with Crippen LogP contribution < -0.4 is 11.1 Å². The molecular weight excluding hydrogens is 244 g/mol. The normalized spacial score (nSPS) is 17.5. The molecule has 1 aromatic rings. The summed E-state index contributed by atoms with van der Waals surface area (Å²) in [5.74, 6) is -1.26. The number of carboxylic acid groups (broad SMARTS) is 1. The van der Waals surface area contributed by atoms with E-state index in [0.29, 0.717) is 0 Å². The van der Waals surface area contributed by atoms with Crippen LogP contribution in [0.25, 0.3) is 0 Å². The monoisotopic (exact) mass is 262 g/mol. The molecule has 0 saturated heterocycles. The largest absolute Gasteiger partial charge is 0.480 e. The summed E-state index contributed by atoms with van der Waals surface area (Å²) in [7, 11) is 0. The Morgan fingerprint density at radius 2 is 1.95 bits per heavy atom. The first-order valence-corrected chi connectivity index (χ1v) is 6.35. The average molecular weight is 262 g/mol. The highest BCUT2D eigenvalue weighted by atomic mass is 16.4. The van der Waals surface area contributed by atoms with Crippen molar-refractivity contribution in [3.63, 3.8) is 0 Å². The van der Waals surface area contributed by atoms with Crippen molar-refractivity contribution in [3.05, 3.63) is 35.9 Å². The lowest BCUT2D eigenvalue weighted by atomic mass is 10.0. The summed E-state index contributed by atoms with van der Waals surface area (Å²) in [5.41, 5.74) is 5.92. The van der Waals surface area contributed by atoms with Crippen LogP contribution in [0.4, 0.5) is 0 Å². The fraction of sp³-hybridized carbons (Fsp3) is 0.429. The van der Waals surface area contributed by atoms with E-state index in [1.54, 1.807) is 0 Å². The van der Waals surface area contributed by atoms with Crippen molar-refractivity contribution in [2.24, 2.45) is 11.1 Å². The number of rotatable bonds is 6. The van der Waals surface area contributed by atoms with Gasteiger partial charge in [0.15, 0.2) is 0 Å². The van der Waals surface area contributed by atoms with E-state index < -0.39 is 17.4 Å². The van der Waals surface area contributed by atoms with Crippen LogP contribution in [0.15, 0.2) is 30.3 Å². The molecule has 0 spiro atoms. The molecular formula is C14H18N2O3. The zero-order valence-corrected chi connectivity index (χ0v) is 10.6. The maximum atomic E-state index is 12.0. The van der Waals surface area contributed by atoms with Gasteiger partial charge in [-0.05, 0) is 18.4 Å². The first-order chi connectivity index (χ1) is 9.07. The molecule has 0 radical (unpaired) electrons. The second-order valence-corrected chi connectivity index (χ2v) is 5.04. The van der Waals surface area contributed by atoms with Crippen LogP contribution in [0.3, 0.4) is 0 Å². The van der Waals surface area contributed by atoms with Crippen LogP contribution in [-0.4, -0.2) is 29.6 Å². The molecule has 5 heteroatoms. The predicted molar refractivity (Wildman–Crippen MR) is 70.4 cm³/mol. The van der Waals surface area contributed by atoms with Gasteiger partial charge in [0.1, 0.15) is 6.04 Å². The Labute approximate surface area is 111 Å². The number of carboxylic acids is 1. The SMILES string of the molecule is NCC1(C(=O)N[C@H](Cc2ccccc2)C(=O)O)CC1. The molecule has 19 heavy (non-hydrogen) atoms. The van der Waals surface area contributed by atoms with Crippen LogP contribution in [0, 0.1) is 5.41 Å². The molecule has 1 aliphatic carbocycles. The maximum Gasteiger partial charge on any atom is 0.326 e. The van der Waals surface area contributed by atoms with Gasteiger partial charge in [0.2, 0.25) is 5.91 Å². The van der Waals surface area contributed by atoms with Gasteiger partial charge in [-0.15, -0.1) is 0 Å². The van der Waals surface area contributed by atoms with Gasteiger partial charge >= 0.3 is 5.97 Å². The molecule has 0 heterocycles. The molecule has 1 fully saturated rings. The Morgan fingerprint density at radius 3 is 2.42 bits per heavy atom. The lowest BCUT2D eigenvalue weighted by molar-refractivity contribution is -0.142. The Hall–Kier alpha value is -1.88. The number of nitrogens with one attached hydrogen (secondary N) is 1. The minimum absolute atomic E-state index is 0.238. The summed E-state index contributed by atoms with van der Waals surface area (Å²) in [5, 5.41) is 11.8. The quantitative estimate of drug-likeness (QED) is 0.697. The van der Waals surface area contributed by atoms with Crippen LogP contribution in [0.1, 0.15) is 18.4 Å². The smallest absolute Gasteiger partial charge is 0.326 e. The molecule has 1 aromatic carbocycles. The van der Waals surface area contributed by atoms with Crippen molar-refractivity contribution in [2.45, 2.75) is 25.3 Å². The van der Waals surface area contributed by atoms with Gasteiger partial charge in [0, 0.05) is 13.0 Å². The topological polar surface area (TPSA) is 92.4 Å². The van der Waals surface area contributed by atoms with E-state index in [4.69, 9.17) is 5.73 Å². The Kier molecular flexibility index (Phi) is 3.85. The standard InChI is InChI=1S/C14H18N2O3/c15-9-14(6-7-14)13(19)16-11(12(17)18)8-10-4-2-1-3-5-10/h1-5,11H,6-9,15H2,(H,16,19)(H,17,18)/t11-/m1/s1. The lowest BCUT2D eigenvalue weighted by Gasteiger charge is -2.18. The van der Waals surface area contributed by atoms with E-state index in [2.05, 4.69) is 5.32 Å². The minimum atomic E-state index is -1.02. The van der Waals surface area contributed by atoms with Crippen molar-refractivity contribution in [2.75, 3.05) is 6.54 Å². The first kappa shape index (κ1) is 13.5. The molecule has 1 amide bonds. The van der Waals surface area contributed by atoms with E-state index in [0.717, 1.165) is 18.4 Å². The molecule has 4 N–H and O–H groups in total. The molecule has 0 aliphatic heterocycles. The Balaban J connectivity index is 2.01. The van der Waals surface area contributed by atoms with E-state index in [1.807, 2.05) is 30.3 Å². The summed E-state index contributed by atoms with van der Waals surface area (Å²) in [6.45, 7) is 0.274. The maximum absolute atomic E-state index is 12.0. The number of amides is 1. The molecule has 1 atom stereocenters. The highest BCUT2D eigenvalue weighted by Gasteiger charge is 2.49. The third-order valence-corrected chi connectivity index (χ3v) is 3.61. The summed E-state index contributed by atoms with van der Waals surface area (Å²) < 4.78 is 0. The van der Waals surface area contributed by atoms with Gasteiger partial charge in [0.05, 0.1) is 5.41 Å². The number of carbonyl (C=O) groups is 2. The van der Waals surface area contributed by atoms with Gasteiger partial charge in [-0.3, -0.25) is 4.79 Å². The van der Waals surface area contributed by atoms with Crippen LogP contribution in [-0.2, 0) is 16.0 Å². The van der Waals surface area contributed by atoms with Crippen molar-refractivity contribution < 1.29 is 14.7 Å². The Morgan fingerprint density at radius 1 is 1.32 bits per heavy atom. The third-order valence-electron chi connectivity index (χ3n) is 3.61. The van der Waals surface area contributed by atoms with Gasteiger partial charge in [-0.25, -0.2) is 4.79 Å². The number of aliphatic carboxylic acids is 1. The minimum Gasteiger partial charge on any atom is -0.480 e. The molecule has 2 rings (SSSR count). The predicted octanol–water partition coefficient (Wildman–Crippen LogP) is 0.537. The number of carbonyl (C=O) groups excluding carboxylic acids is 1. The molecule has 102 valence electrons. The van der Waals surface area contributed by atoms with Gasteiger partial charge < -0.3 is 16.2 Å². The highest BCUT2D eigenvalue weighted by Crippen LogP contribution is 2.44.